The van der Waals surface area contributed by atoms with E-state index in [9.17, 15) is 4.79 Å². The molecule has 0 unspecified atom stereocenters. The molecule has 0 aliphatic carbocycles. The Morgan fingerprint density at radius 3 is 3.00 bits per heavy atom. The molecule has 2 aromatic heterocycles. The Hall–Kier alpha value is -2.87. The second-order valence-electron chi connectivity index (χ2n) is 6.19. The smallest absolute Gasteiger partial charge is 0.343 e. The van der Waals surface area contributed by atoms with Crippen molar-refractivity contribution in [3.05, 3.63) is 64.4 Å². The van der Waals surface area contributed by atoms with Crippen LogP contribution in [0.5, 0.6) is 5.75 Å². The van der Waals surface area contributed by atoms with E-state index in [1.807, 2.05) is 16.8 Å². The number of imidazole rings is 1. The summed E-state index contributed by atoms with van der Waals surface area (Å²) in [6.45, 7) is 3.69. The maximum absolute atomic E-state index is 11.6. The quantitative estimate of drug-likeness (QED) is 0.744. The number of benzene rings is 1. The average molecular weight is 340 g/mol. The van der Waals surface area contributed by atoms with E-state index in [-0.39, 0.29) is 5.69 Å². The minimum atomic E-state index is -0.123. The predicted octanol–water partition coefficient (Wildman–Crippen LogP) is 0.841. The Morgan fingerprint density at radius 1 is 1.28 bits per heavy atom. The minimum Gasteiger partial charge on any atom is -0.496 e. The van der Waals surface area contributed by atoms with E-state index in [2.05, 4.69) is 32.2 Å². The van der Waals surface area contributed by atoms with E-state index in [1.54, 1.807) is 24.2 Å². The Balaban J connectivity index is 1.52. The zero-order chi connectivity index (χ0) is 17.2. The normalized spacial score (nSPS) is 14.4. The van der Waals surface area contributed by atoms with Crippen LogP contribution in [0, 0.1) is 0 Å². The van der Waals surface area contributed by atoms with E-state index in [4.69, 9.17) is 4.74 Å². The van der Waals surface area contributed by atoms with Gasteiger partial charge in [0, 0.05) is 37.6 Å². The summed E-state index contributed by atoms with van der Waals surface area (Å²) in [5.41, 5.74) is 2.20. The molecular formula is C17H20N6O2. The van der Waals surface area contributed by atoms with Crippen molar-refractivity contribution in [2.75, 3.05) is 13.7 Å². The van der Waals surface area contributed by atoms with Gasteiger partial charge >= 0.3 is 5.69 Å². The highest BCUT2D eigenvalue weighted by Gasteiger charge is 2.19. The summed E-state index contributed by atoms with van der Waals surface area (Å²) in [6, 6.07) is 6.27. The number of fused-ring (bicyclic) bond motifs is 1. The molecule has 1 aliphatic rings. The number of ether oxygens (including phenoxy) is 1. The lowest BCUT2D eigenvalue weighted by atomic mass is 10.1. The van der Waals surface area contributed by atoms with E-state index >= 15 is 0 Å². The zero-order valence-corrected chi connectivity index (χ0v) is 14.1. The molecule has 1 aromatic carbocycles. The van der Waals surface area contributed by atoms with Crippen LogP contribution in [0.25, 0.3) is 0 Å². The van der Waals surface area contributed by atoms with E-state index < -0.39 is 0 Å². The molecular weight excluding hydrogens is 320 g/mol. The van der Waals surface area contributed by atoms with E-state index in [0.717, 1.165) is 36.8 Å². The summed E-state index contributed by atoms with van der Waals surface area (Å²) in [7, 11) is 1.69. The summed E-state index contributed by atoms with van der Waals surface area (Å²) in [4.78, 5) is 18.0. The SMILES string of the molecule is COc1ccc(CN2CCn3c(n[nH]c3=O)C2)cc1Cn1ccnc1. The highest BCUT2D eigenvalue weighted by atomic mass is 16.5. The van der Waals surface area contributed by atoms with Crippen LogP contribution in [0.4, 0.5) is 0 Å². The van der Waals surface area contributed by atoms with Crippen molar-refractivity contribution in [2.45, 2.75) is 26.2 Å². The second kappa shape index (κ2) is 6.56. The molecule has 0 bridgehead atoms. The molecule has 0 spiro atoms. The molecule has 0 radical (unpaired) electrons. The van der Waals surface area contributed by atoms with Crippen LogP contribution in [0.1, 0.15) is 17.0 Å². The Labute approximate surface area is 144 Å². The Morgan fingerprint density at radius 2 is 2.20 bits per heavy atom. The molecule has 0 amide bonds. The fraction of sp³-hybridized carbons (Fsp3) is 0.353. The maximum atomic E-state index is 11.6. The molecule has 0 saturated heterocycles. The Kier molecular flexibility index (Phi) is 4.10. The second-order valence-corrected chi connectivity index (χ2v) is 6.19. The standard InChI is InChI=1S/C17H20N6O2/c1-25-15-3-2-13(8-14(15)10-22-5-4-18-12-22)9-21-6-7-23-16(11-21)19-20-17(23)24/h2-5,8,12H,6-7,9-11H2,1H3,(H,20,24). The lowest BCUT2D eigenvalue weighted by Gasteiger charge is -2.26. The topological polar surface area (TPSA) is 81.0 Å². The number of aromatic amines is 1. The van der Waals surface area contributed by atoms with Crippen molar-refractivity contribution in [3.63, 3.8) is 0 Å². The van der Waals surface area contributed by atoms with Gasteiger partial charge in [-0.15, -0.1) is 0 Å². The molecule has 1 aliphatic heterocycles. The zero-order valence-electron chi connectivity index (χ0n) is 14.1. The van der Waals surface area contributed by atoms with Gasteiger partial charge in [-0.05, 0) is 17.7 Å². The van der Waals surface area contributed by atoms with Crippen molar-refractivity contribution in [2.24, 2.45) is 0 Å². The number of hydrogen-bond donors (Lipinski definition) is 1. The Bertz CT molecular complexity index is 912. The van der Waals surface area contributed by atoms with Crippen molar-refractivity contribution in [1.29, 1.82) is 0 Å². The number of methoxy groups -OCH3 is 1. The van der Waals surface area contributed by atoms with Gasteiger partial charge in [0.1, 0.15) is 11.6 Å². The van der Waals surface area contributed by atoms with Gasteiger partial charge in [0.2, 0.25) is 0 Å². The predicted molar refractivity (Wildman–Crippen MR) is 91.3 cm³/mol. The number of nitrogens with zero attached hydrogens (tertiary/aromatic N) is 5. The number of H-pyrrole nitrogens is 1. The van der Waals surface area contributed by atoms with Gasteiger partial charge in [0.25, 0.3) is 0 Å². The largest absolute Gasteiger partial charge is 0.496 e. The van der Waals surface area contributed by atoms with Gasteiger partial charge in [-0.3, -0.25) is 9.47 Å². The number of aromatic nitrogens is 5. The van der Waals surface area contributed by atoms with Crippen LogP contribution in [0.15, 0.2) is 41.7 Å². The highest BCUT2D eigenvalue weighted by molar-refractivity contribution is 5.37. The summed E-state index contributed by atoms with van der Waals surface area (Å²) in [5.74, 6) is 1.67. The van der Waals surface area contributed by atoms with Gasteiger partial charge < -0.3 is 9.30 Å². The maximum Gasteiger partial charge on any atom is 0.343 e. The van der Waals surface area contributed by atoms with Crippen molar-refractivity contribution in [1.82, 2.24) is 29.2 Å². The van der Waals surface area contributed by atoms with E-state index in [0.29, 0.717) is 13.1 Å². The van der Waals surface area contributed by atoms with Crippen LogP contribution >= 0.6 is 0 Å². The molecule has 8 heteroatoms. The van der Waals surface area contributed by atoms with Gasteiger partial charge in [0.05, 0.1) is 26.5 Å². The third-order valence-corrected chi connectivity index (χ3v) is 4.51. The fourth-order valence-corrected chi connectivity index (χ4v) is 3.25. The summed E-state index contributed by atoms with van der Waals surface area (Å²) in [5, 5.41) is 6.61. The molecule has 0 fully saturated rings. The summed E-state index contributed by atoms with van der Waals surface area (Å²) in [6.07, 6.45) is 5.51. The molecule has 8 nitrogen and oxygen atoms in total. The first-order valence-electron chi connectivity index (χ1n) is 8.21. The van der Waals surface area contributed by atoms with Crippen LogP contribution in [-0.4, -0.2) is 42.9 Å². The molecule has 3 aromatic rings. The van der Waals surface area contributed by atoms with Crippen LogP contribution in [-0.2, 0) is 26.2 Å². The molecule has 3 heterocycles. The number of hydrogen-bond acceptors (Lipinski definition) is 5. The monoisotopic (exact) mass is 340 g/mol. The third-order valence-electron chi connectivity index (χ3n) is 4.51. The van der Waals surface area contributed by atoms with Crippen LogP contribution in [0.3, 0.4) is 0 Å². The summed E-state index contributed by atoms with van der Waals surface area (Å²) < 4.78 is 9.21. The highest BCUT2D eigenvalue weighted by Crippen LogP contribution is 2.22. The van der Waals surface area contributed by atoms with Crippen LogP contribution in [0.2, 0.25) is 0 Å². The lowest BCUT2D eigenvalue weighted by Crippen LogP contribution is -2.36. The minimum absolute atomic E-state index is 0.123. The fourth-order valence-electron chi connectivity index (χ4n) is 3.25. The van der Waals surface area contributed by atoms with Crippen molar-refractivity contribution < 1.29 is 4.74 Å². The third kappa shape index (κ3) is 3.20. The van der Waals surface area contributed by atoms with Crippen molar-refractivity contribution >= 4 is 0 Å². The van der Waals surface area contributed by atoms with Gasteiger partial charge in [0.15, 0.2) is 0 Å². The first-order chi connectivity index (χ1) is 12.2. The van der Waals surface area contributed by atoms with Crippen molar-refractivity contribution in [3.8, 4) is 5.75 Å². The summed E-state index contributed by atoms with van der Waals surface area (Å²) >= 11 is 0. The average Bonchev–Trinajstić information content (AvgIpc) is 3.25. The molecule has 25 heavy (non-hydrogen) atoms. The van der Waals surface area contributed by atoms with Gasteiger partial charge in [-0.25, -0.2) is 14.9 Å². The van der Waals surface area contributed by atoms with Gasteiger partial charge in [-0.1, -0.05) is 6.07 Å². The first-order valence-corrected chi connectivity index (χ1v) is 8.21. The molecule has 1 N–H and O–H groups in total. The number of rotatable bonds is 5. The molecule has 4 rings (SSSR count). The molecule has 0 atom stereocenters. The molecule has 0 saturated carbocycles. The lowest BCUT2D eigenvalue weighted by molar-refractivity contribution is 0.207. The van der Waals surface area contributed by atoms with E-state index in [1.165, 1.54) is 5.56 Å². The number of nitrogens with one attached hydrogen (secondary N) is 1. The van der Waals surface area contributed by atoms with Crippen LogP contribution < -0.4 is 10.4 Å². The molecule has 130 valence electrons. The first kappa shape index (κ1) is 15.6. The van der Waals surface area contributed by atoms with Gasteiger partial charge in [-0.2, -0.15) is 5.10 Å².